The SMILES string of the molecule is COc1ccc(NC(=O)c2ccnc(NCCN(C)C)c2)cc1OC. The van der Waals surface area contributed by atoms with Gasteiger partial charge in [-0.05, 0) is 38.4 Å². The lowest BCUT2D eigenvalue weighted by molar-refractivity contribution is 0.102. The Morgan fingerprint density at radius 1 is 1.12 bits per heavy atom. The number of carbonyl (C=O) groups is 1. The number of pyridine rings is 1. The van der Waals surface area contributed by atoms with E-state index in [2.05, 4.69) is 20.5 Å². The van der Waals surface area contributed by atoms with Crippen LogP contribution in [0.3, 0.4) is 0 Å². The topological polar surface area (TPSA) is 75.7 Å². The van der Waals surface area contributed by atoms with E-state index < -0.39 is 0 Å². The van der Waals surface area contributed by atoms with Gasteiger partial charge in [0.25, 0.3) is 5.91 Å². The summed E-state index contributed by atoms with van der Waals surface area (Å²) in [6, 6.07) is 8.62. The number of likely N-dealkylation sites (N-methyl/N-ethyl adjacent to an activating group) is 1. The molecule has 0 saturated heterocycles. The Balaban J connectivity index is 2.05. The van der Waals surface area contributed by atoms with E-state index in [0.29, 0.717) is 28.6 Å². The molecule has 0 spiro atoms. The number of nitrogens with one attached hydrogen (secondary N) is 2. The van der Waals surface area contributed by atoms with Gasteiger partial charge in [-0.1, -0.05) is 0 Å². The summed E-state index contributed by atoms with van der Waals surface area (Å²) in [6.45, 7) is 1.63. The molecule has 1 aromatic heterocycles. The third kappa shape index (κ3) is 5.36. The van der Waals surface area contributed by atoms with E-state index in [1.807, 2.05) is 14.1 Å². The molecule has 0 aliphatic rings. The minimum Gasteiger partial charge on any atom is -0.493 e. The predicted octanol–water partition coefficient (Wildman–Crippen LogP) is 2.32. The second-order valence-corrected chi connectivity index (χ2v) is 5.68. The number of methoxy groups -OCH3 is 2. The summed E-state index contributed by atoms with van der Waals surface area (Å²) in [5.41, 5.74) is 1.15. The maximum absolute atomic E-state index is 12.5. The minimum atomic E-state index is -0.217. The van der Waals surface area contributed by atoms with Crippen LogP contribution in [0.4, 0.5) is 11.5 Å². The number of benzene rings is 1. The molecule has 0 bridgehead atoms. The highest BCUT2D eigenvalue weighted by Gasteiger charge is 2.10. The van der Waals surface area contributed by atoms with Gasteiger partial charge in [0.05, 0.1) is 14.2 Å². The first-order chi connectivity index (χ1) is 12.0. The average Bonchev–Trinajstić information content (AvgIpc) is 2.61. The molecule has 7 heteroatoms. The summed E-state index contributed by atoms with van der Waals surface area (Å²) in [5, 5.41) is 6.05. The molecule has 7 nitrogen and oxygen atoms in total. The van der Waals surface area contributed by atoms with Crippen LogP contribution in [-0.2, 0) is 0 Å². The normalized spacial score (nSPS) is 10.4. The zero-order valence-corrected chi connectivity index (χ0v) is 15.0. The van der Waals surface area contributed by atoms with Crippen LogP contribution in [-0.4, -0.2) is 57.2 Å². The van der Waals surface area contributed by atoms with Crippen molar-refractivity contribution in [2.75, 3.05) is 52.0 Å². The molecule has 2 aromatic rings. The molecule has 0 saturated carbocycles. The first-order valence-electron chi connectivity index (χ1n) is 7.91. The van der Waals surface area contributed by atoms with Crippen molar-refractivity contribution >= 4 is 17.4 Å². The highest BCUT2D eigenvalue weighted by molar-refractivity contribution is 6.04. The van der Waals surface area contributed by atoms with Crippen molar-refractivity contribution in [2.24, 2.45) is 0 Å². The standard InChI is InChI=1S/C18H24N4O3/c1-22(2)10-9-20-17-11-13(7-8-19-17)18(23)21-14-5-6-15(24-3)16(12-14)25-4/h5-8,11-12H,9-10H2,1-4H3,(H,19,20)(H,21,23). The molecule has 0 aliphatic heterocycles. The van der Waals surface area contributed by atoms with E-state index >= 15 is 0 Å². The van der Waals surface area contributed by atoms with Gasteiger partial charge in [-0.2, -0.15) is 0 Å². The Morgan fingerprint density at radius 3 is 2.56 bits per heavy atom. The van der Waals surface area contributed by atoms with E-state index in [9.17, 15) is 4.79 Å². The largest absolute Gasteiger partial charge is 0.493 e. The first kappa shape index (κ1) is 18.5. The number of ether oxygens (including phenoxy) is 2. The molecule has 134 valence electrons. The molecule has 1 heterocycles. The van der Waals surface area contributed by atoms with Crippen molar-refractivity contribution in [1.29, 1.82) is 0 Å². The van der Waals surface area contributed by atoms with Crippen molar-refractivity contribution in [3.63, 3.8) is 0 Å². The highest BCUT2D eigenvalue weighted by atomic mass is 16.5. The number of rotatable bonds is 8. The molecule has 1 aromatic carbocycles. The molecule has 0 aliphatic carbocycles. The molecular weight excluding hydrogens is 320 g/mol. The van der Waals surface area contributed by atoms with Crippen LogP contribution < -0.4 is 20.1 Å². The maximum atomic E-state index is 12.5. The molecule has 0 fully saturated rings. The third-order valence-electron chi connectivity index (χ3n) is 3.53. The minimum absolute atomic E-state index is 0.217. The quantitative estimate of drug-likeness (QED) is 0.765. The summed E-state index contributed by atoms with van der Waals surface area (Å²) in [4.78, 5) is 18.8. The van der Waals surface area contributed by atoms with Crippen LogP contribution in [0.25, 0.3) is 0 Å². The van der Waals surface area contributed by atoms with Gasteiger partial charge >= 0.3 is 0 Å². The number of hydrogen-bond acceptors (Lipinski definition) is 6. The van der Waals surface area contributed by atoms with Crippen LogP contribution in [0.5, 0.6) is 11.5 Å². The maximum Gasteiger partial charge on any atom is 0.255 e. The van der Waals surface area contributed by atoms with Crippen LogP contribution in [0, 0.1) is 0 Å². The van der Waals surface area contributed by atoms with Crippen molar-refractivity contribution < 1.29 is 14.3 Å². The second kappa shape index (κ2) is 8.89. The van der Waals surface area contributed by atoms with E-state index in [1.54, 1.807) is 50.7 Å². The van der Waals surface area contributed by atoms with E-state index in [0.717, 1.165) is 13.1 Å². The Morgan fingerprint density at radius 2 is 1.88 bits per heavy atom. The Hall–Kier alpha value is -2.80. The number of amides is 1. The molecule has 1 amide bonds. The fourth-order valence-corrected chi connectivity index (χ4v) is 2.19. The molecular formula is C18H24N4O3. The van der Waals surface area contributed by atoms with Crippen molar-refractivity contribution in [3.8, 4) is 11.5 Å². The van der Waals surface area contributed by atoms with E-state index in [-0.39, 0.29) is 5.91 Å². The van der Waals surface area contributed by atoms with Crippen LogP contribution in [0.1, 0.15) is 10.4 Å². The zero-order valence-electron chi connectivity index (χ0n) is 15.0. The van der Waals surface area contributed by atoms with Crippen LogP contribution in [0.2, 0.25) is 0 Å². The Labute approximate surface area is 148 Å². The number of nitrogens with zero attached hydrogens (tertiary/aromatic N) is 2. The molecule has 0 radical (unpaired) electrons. The summed E-state index contributed by atoms with van der Waals surface area (Å²) < 4.78 is 10.4. The van der Waals surface area contributed by atoms with Crippen molar-refractivity contribution in [1.82, 2.24) is 9.88 Å². The third-order valence-corrected chi connectivity index (χ3v) is 3.53. The van der Waals surface area contributed by atoms with Gasteiger partial charge in [-0.3, -0.25) is 4.79 Å². The zero-order chi connectivity index (χ0) is 18.2. The molecule has 25 heavy (non-hydrogen) atoms. The molecule has 0 unspecified atom stereocenters. The number of hydrogen-bond donors (Lipinski definition) is 2. The first-order valence-corrected chi connectivity index (χ1v) is 7.91. The van der Waals surface area contributed by atoms with Gasteiger partial charge in [0.15, 0.2) is 11.5 Å². The van der Waals surface area contributed by atoms with E-state index in [4.69, 9.17) is 9.47 Å². The fourth-order valence-electron chi connectivity index (χ4n) is 2.19. The summed E-state index contributed by atoms with van der Waals surface area (Å²) in [6.07, 6.45) is 1.61. The monoisotopic (exact) mass is 344 g/mol. The van der Waals surface area contributed by atoms with Gasteiger partial charge in [0, 0.05) is 36.6 Å². The molecule has 0 atom stereocenters. The van der Waals surface area contributed by atoms with Crippen LogP contribution in [0.15, 0.2) is 36.5 Å². The van der Waals surface area contributed by atoms with E-state index in [1.165, 1.54) is 0 Å². The Kier molecular flexibility index (Phi) is 6.59. The van der Waals surface area contributed by atoms with Gasteiger partial charge in [0.2, 0.25) is 0 Å². The average molecular weight is 344 g/mol. The van der Waals surface area contributed by atoms with Gasteiger partial charge in [0.1, 0.15) is 5.82 Å². The van der Waals surface area contributed by atoms with Crippen molar-refractivity contribution in [2.45, 2.75) is 0 Å². The predicted molar refractivity (Wildman–Crippen MR) is 98.8 cm³/mol. The number of aromatic nitrogens is 1. The Bertz CT molecular complexity index is 719. The van der Waals surface area contributed by atoms with Gasteiger partial charge < -0.3 is 25.0 Å². The van der Waals surface area contributed by atoms with Crippen LogP contribution >= 0.6 is 0 Å². The lowest BCUT2D eigenvalue weighted by Crippen LogP contribution is -2.21. The highest BCUT2D eigenvalue weighted by Crippen LogP contribution is 2.29. The summed E-state index contributed by atoms with van der Waals surface area (Å²) in [5.74, 6) is 1.62. The molecule has 2 rings (SSSR count). The summed E-state index contributed by atoms with van der Waals surface area (Å²) in [7, 11) is 7.13. The lowest BCUT2D eigenvalue weighted by atomic mass is 10.2. The number of carbonyl (C=O) groups excluding carboxylic acids is 1. The fraction of sp³-hybridized carbons (Fsp3) is 0.333. The molecule has 2 N–H and O–H groups in total. The number of anilines is 2. The van der Waals surface area contributed by atoms with Crippen molar-refractivity contribution in [3.05, 3.63) is 42.1 Å². The van der Waals surface area contributed by atoms with Gasteiger partial charge in [-0.15, -0.1) is 0 Å². The summed E-state index contributed by atoms with van der Waals surface area (Å²) >= 11 is 0. The lowest BCUT2D eigenvalue weighted by Gasteiger charge is -2.12. The smallest absolute Gasteiger partial charge is 0.255 e. The second-order valence-electron chi connectivity index (χ2n) is 5.68. The van der Waals surface area contributed by atoms with Gasteiger partial charge in [-0.25, -0.2) is 4.98 Å².